The molecule has 0 radical (unpaired) electrons. The first-order chi connectivity index (χ1) is 12.8. The average molecular weight is 392 g/mol. The fourth-order valence-electron chi connectivity index (χ4n) is 2.43. The number of ether oxygens (including phenoxy) is 1. The number of hydrogen-bond donors (Lipinski definition) is 2. The number of carbonyl (C=O) groups is 2. The normalized spacial score (nSPS) is 11.4. The molecule has 8 nitrogen and oxygen atoms in total. The molecule has 2 N–H and O–H groups in total. The van der Waals surface area contributed by atoms with E-state index in [0.717, 1.165) is 11.6 Å². The molecule has 0 aliphatic heterocycles. The molecule has 0 bridgehead atoms. The number of rotatable bonds is 7. The topological polar surface area (TPSA) is 111 Å². The lowest BCUT2D eigenvalue weighted by molar-refractivity contribution is -0.384. The van der Waals surface area contributed by atoms with E-state index in [9.17, 15) is 19.7 Å². The van der Waals surface area contributed by atoms with Crippen LogP contribution in [0.4, 0.5) is 11.4 Å². The molecule has 0 aliphatic carbocycles. The Morgan fingerprint density at radius 2 is 1.96 bits per heavy atom. The van der Waals surface area contributed by atoms with Crippen molar-refractivity contribution in [2.75, 3.05) is 19.0 Å². The second-order valence-corrected chi connectivity index (χ2v) is 6.03. The van der Waals surface area contributed by atoms with Crippen LogP contribution < -0.4 is 10.6 Å². The zero-order valence-corrected chi connectivity index (χ0v) is 15.4. The maximum absolute atomic E-state index is 12.2. The molecule has 1 amide bonds. The summed E-state index contributed by atoms with van der Waals surface area (Å²) in [4.78, 5) is 34.5. The van der Waals surface area contributed by atoms with E-state index >= 15 is 0 Å². The number of carbonyl (C=O) groups excluding carboxylic acids is 2. The van der Waals surface area contributed by atoms with Gasteiger partial charge in [0.1, 0.15) is 0 Å². The number of nitrogens with one attached hydrogen (secondary N) is 2. The minimum atomic E-state index is -0.844. The van der Waals surface area contributed by atoms with Gasteiger partial charge < -0.3 is 15.4 Å². The summed E-state index contributed by atoms with van der Waals surface area (Å²) in [6.07, 6.45) is 0. The van der Waals surface area contributed by atoms with Crippen LogP contribution in [-0.4, -0.2) is 30.5 Å². The Hall–Kier alpha value is -3.13. The quantitative estimate of drug-likeness (QED) is 0.425. The number of esters is 1. The lowest BCUT2D eigenvalue weighted by atomic mass is 10.1. The molecular formula is C18H18ClN3O5. The zero-order chi connectivity index (χ0) is 20.0. The summed E-state index contributed by atoms with van der Waals surface area (Å²) in [6.45, 7) is 1.22. The lowest BCUT2D eigenvalue weighted by Crippen LogP contribution is -2.31. The molecule has 0 fully saturated rings. The predicted octanol–water partition coefficient (Wildman–Crippen LogP) is 3.32. The van der Waals surface area contributed by atoms with Gasteiger partial charge in [-0.2, -0.15) is 0 Å². The minimum Gasteiger partial charge on any atom is -0.452 e. The fraction of sp³-hybridized carbons (Fsp3) is 0.222. The Morgan fingerprint density at radius 1 is 1.26 bits per heavy atom. The summed E-state index contributed by atoms with van der Waals surface area (Å²) < 4.78 is 4.99. The molecule has 1 atom stereocenters. The Morgan fingerprint density at radius 3 is 2.59 bits per heavy atom. The Balaban J connectivity index is 2.01. The lowest BCUT2D eigenvalue weighted by Gasteiger charge is -2.16. The number of benzene rings is 2. The maximum atomic E-state index is 12.2. The number of amides is 1. The molecule has 9 heteroatoms. The van der Waals surface area contributed by atoms with Crippen molar-refractivity contribution in [3.8, 4) is 0 Å². The third-order valence-corrected chi connectivity index (χ3v) is 4.13. The molecule has 0 spiro atoms. The van der Waals surface area contributed by atoms with Crippen LogP contribution in [0.3, 0.4) is 0 Å². The third-order valence-electron chi connectivity index (χ3n) is 3.79. The largest absolute Gasteiger partial charge is 0.452 e. The summed E-state index contributed by atoms with van der Waals surface area (Å²) in [5.74, 6) is -1.36. The molecule has 2 aromatic rings. The second-order valence-electron chi connectivity index (χ2n) is 5.62. The molecule has 142 valence electrons. The van der Waals surface area contributed by atoms with Gasteiger partial charge in [-0.3, -0.25) is 14.9 Å². The van der Waals surface area contributed by atoms with E-state index in [0.29, 0.717) is 10.7 Å². The average Bonchev–Trinajstić information content (AvgIpc) is 2.65. The first kappa shape index (κ1) is 20.2. The summed E-state index contributed by atoms with van der Waals surface area (Å²) in [6, 6.07) is 10.4. The highest BCUT2D eigenvalue weighted by Gasteiger charge is 2.19. The van der Waals surface area contributed by atoms with Crippen molar-refractivity contribution in [3.63, 3.8) is 0 Å². The van der Waals surface area contributed by atoms with Gasteiger partial charge in [0.25, 0.3) is 11.6 Å². The van der Waals surface area contributed by atoms with Crippen molar-refractivity contribution >= 4 is 34.9 Å². The molecule has 0 unspecified atom stereocenters. The van der Waals surface area contributed by atoms with Crippen LogP contribution in [0, 0.1) is 10.1 Å². The maximum Gasteiger partial charge on any atom is 0.341 e. The van der Waals surface area contributed by atoms with Crippen molar-refractivity contribution in [2.45, 2.75) is 13.0 Å². The molecule has 0 saturated heterocycles. The number of halogens is 1. The molecule has 0 aliphatic rings. The molecule has 2 aromatic carbocycles. The van der Waals surface area contributed by atoms with E-state index in [4.69, 9.17) is 16.3 Å². The van der Waals surface area contributed by atoms with Crippen molar-refractivity contribution in [1.29, 1.82) is 0 Å². The highest BCUT2D eigenvalue weighted by atomic mass is 35.5. The highest BCUT2D eigenvalue weighted by Crippen LogP contribution is 2.23. The summed E-state index contributed by atoms with van der Waals surface area (Å²) in [5.41, 5.74) is 0.807. The Labute approximate surface area is 160 Å². The van der Waals surface area contributed by atoms with Crippen LogP contribution in [0.15, 0.2) is 42.5 Å². The predicted molar refractivity (Wildman–Crippen MR) is 101 cm³/mol. The SMILES string of the molecule is CNc1ccc([N+](=O)[O-])cc1C(=O)OCC(=O)N[C@@H](C)c1ccccc1Cl. The standard InChI is InChI=1S/C18H18ClN3O5/c1-11(13-5-3-4-6-15(13)19)21-17(23)10-27-18(24)14-9-12(22(25)26)7-8-16(14)20-2/h3-9,11,20H,10H2,1-2H3,(H,21,23)/t11-/m0/s1. The molecular weight excluding hydrogens is 374 g/mol. The number of hydrogen-bond acceptors (Lipinski definition) is 6. The van der Waals surface area contributed by atoms with Crippen LogP contribution in [0.1, 0.15) is 28.9 Å². The summed E-state index contributed by atoms with van der Waals surface area (Å²) in [7, 11) is 1.57. The van der Waals surface area contributed by atoms with Gasteiger partial charge in [-0.05, 0) is 24.6 Å². The van der Waals surface area contributed by atoms with Gasteiger partial charge in [0.15, 0.2) is 6.61 Å². The van der Waals surface area contributed by atoms with Gasteiger partial charge >= 0.3 is 5.97 Å². The van der Waals surface area contributed by atoms with Crippen molar-refractivity contribution in [2.24, 2.45) is 0 Å². The van der Waals surface area contributed by atoms with E-state index in [1.165, 1.54) is 12.1 Å². The fourth-order valence-corrected chi connectivity index (χ4v) is 2.73. The first-order valence-electron chi connectivity index (χ1n) is 8.00. The molecule has 2 rings (SSSR count). The molecule has 27 heavy (non-hydrogen) atoms. The number of non-ortho nitro benzene ring substituents is 1. The van der Waals surface area contributed by atoms with Crippen LogP contribution in [0.2, 0.25) is 5.02 Å². The number of nitro benzene ring substituents is 1. The number of nitro groups is 1. The van der Waals surface area contributed by atoms with Gasteiger partial charge in [0, 0.05) is 29.9 Å². The van der Waals surface area contributed by atoms with Crippen molar-refractivity contribution in [1.82, 2.24) is 5.32 Å². The monoisotopic (exact) mass is 391 g/mol. The van der Waals surface area contributed by atoms with Gasteiger partial charge in [-0.25, -0.2) is 4.79 Å². The first-order valence-corrected chi connectivity index (χ1v) is 8.38. The van der Waals surface area contributed by atoms with E-state index in [1.54, 1.807) is 38.2 Å². The van der Waals surface area contributed by atoms with Gasteiger partial charge in [0.05, 0.1) is 16.5 Å². The third kappa shape index (κ3) is 5.18. The number of anilines is 1. The van der Waals surface area contributed by atoms with Crippen LogP contribution in [0.5, 0.6) is 0 Å². The van der Waals surface area contributed by atoms with Gasteiger partial charge in [-0.1, -0.05) is 29.8 Å². The van der Waals surface area contributed by atoms with E-state index in [2.05, 4.69) is 10.6 Å². The van der Waals surface area contributed by atoms with E-state index < -0.39 is 23.4 Å². The van der Waals surface area contributed by atoms with Crippen LogP contribution in [0.25, 0.3) is 0 Å². The minimum absolute atomic E-state index is 0.0290. The van der Waals surface area contributed by atoms with Gasteiger partial charge in [0.2, 0.25) is 0 Å². The summed E-state index contributed by atoms with van der Waals surface area (Å²) in [5, 5.41) is 16.8. The Kier molecular flexibility index (Phi) is 6.73. The smallest absolute Gasteiger partial charge is 0.341 e. The molecule has 0 saturated carbocycles. The summed E-state index contributed by atoms with van der Waals surface area (Å²) >= 11 is 6.09. The van der Waals surface area contributed by atoms with Gasteiger partial charge in [-0.15, -0.1) is 0 Å². The molecule has 0 aromatic heterocycles. The zero-order valence-electron chi connectivity index (χ0n) is 14.7. The van der Waals surface area contributed by atoms with Crippen LogP contribution in [-0.2, 0) is 9.53 Å². The van der Waals surface area contributed by atoms with Crippen molar-refractivity contribution in [3.05, 3.63) is 68.7 Å². The van der Waals surface area contributed by atoms with Crippen molar-refractivity contribution < 1.29 is 19.2 Å². The Bertz CT molecular complexity index is 872. The molecule has 0 heterocycles. The second kappa shape index (κ2) is 9.00. The number of nitrogens with zero attached hydrogens (tertiary/aromatic N) is 1. The van der Waals surface area contributed by atoms with E-state index in [-0.39, 0.29) is 17.3 Å². The van der Waals surface area contributed by atoms with E-state index in [1.807, 2.05) is 0 Å². The van der Waals surface area contributed by atoms with Crippen LogP contribution >= 0.6 is 11.6 Å². The highest BCUT2D eigenvalue weighted by molar-refractivity contribution is 6.31.